The zero-order chi connectivity index (χ0) is 21.5. The number of amides is 3. The van der Waals surface area contributed by atoms with Crippen molar-refractivity contribution in [3.63, 3.8) is 0 Å². The maximum absolute atomic E-state index is 12.9. The fourth-order valence-electron chi connectivity index (χ4n) is 3.59. The van der Waals surface area contributed by atoms with Gasteiger partial charge in [0, 0.05) is 6.04 Å². The molecule has 162 valence electrons. The van der Waals surface area contributed by atoms with Crippen LogP contribution in [0.15, 0.2) is 0 Å². The Kier molecular flexibility index (Phi) is 9.36. The summed E-state index contributed by atoms with van der Waals surface area (Å²) < 4.78 is 0. The second-order valence-electron chi connectivity index (χ2n) is 9.31. The molecule has 1 rings (SSSR count). The van der Waals surface area contributed by atoms with Crippen LogP contribution in [0, 0.1) is 17.3 Å². The van der Waals surface area contributed by atoms with Gasteiger partial charge in [0.2, 0.25) is 11.8 Å². The van der Waals surface area contributed by atoms with Crippen molar-refractivity contribution in [1.29, 1.82) is 0 Å². The van der Waals surface area contributed by atoms with Gasteiger partial charge < -0.3 is 15.7 Å². The summed E-state index contributed by atoms with van der Waals surface area (Å²) in [5.41, 5.74) is 0.831. The Bertz CT molecular complexity index is 538. The van der Waals surface area contributed by atoms with E-state index < -0.39 is 35.3 Å². The summed E-state index contributed by atoms with van der Waals surface area (Å²) in [7, 11) is 0. The highest BCUT2D eigenvalue weighted by Gasteiger charge is 2.38. The van der Waals surface area contributed by atoms with Gasteiger partial charge in [-0.25, -0.2) is 5.48 Å². The molecule has 1 fully saturated rings. The van der Waals surface area contributed by atoms with E-state index in [4.69, 9.17) is 5.21 Å². The molecule has 3 amide bonds. The Morgan fingerprint density at radius 2 is 1.57 bits per heavy atom. The highest BCUT2D eigenvalue weighted by molar-refractivity contribution is 5.92. The first kappa shape index (κ1) is 24.4. The molecule has 5 N–H and O–H groups in total. The van der Waals surface area contributed by atoms with Crippen LogP contribution in [0.3, 0.4) is 0 Å². The van der Waals surface area contributed by atoms with E-state index in [1.807, 2.05) is 34.6 Å². The molecular weight excluding hydrogens is 362 g/mol. The van der Waals surface area contributed by atoms with Gasteiger partial charge in [-0.05, 0) is 30.6 Å². The zero-order valence-corrected chi connectivity index (χ0v) is 17.7. The van der Waals surface area contributed by atoms with Crippen LogP contribution in [0.5, 0.6) is 0 Å². The van der Waals surface area contributed by atoms with Crippen molar-refractivity contribution in [1.82, 2.24) is 16.1 Å². The highest BCUT2D eigenvalue weighted by atomic mass is 16.5. The molecule has 1 aliphatic rings. The summed E-state index contributed by atoms with van der Waals surface area (Å²) in [4.78, 5) is 37.4. The number of carbonyl (C=O) groups excluding carboxylic acids is 3. The van der Waals surface area contributed by atoms with Crippen LogP contribution in [0.1, 0.15) is 73.1 Å². The van der Waals surface area contributed by atoms with Gasteiger partial charge in [0.1, 0.15) is 12.1 Å². The van der Waals surface area contributed by atoms with Gasteiger partial charge >= 0.3 is 0 Å². The van der Waals surface area contributed by atoms with E-state index in [-0.39, 0.29) is 24.3 Å². The Hall–Kier alpha value is -1.67. The normalized spacial score (nSPS) is 18.9. The number of nitrogens with one attached hydrogen (secondary N) is 3. The molecule has 3 atom stereocenters. The van der Waals surface area contributed by atoms with Crippen molar-refractivity contribution in [2.45, 2.75) is 91.3 Å². The van der Waals surface area contributed by atoms with Crippen LogP contribution in [0.4, 0.5) is 0 Å². The molecular formula is C20H37N3O5. The van der Waals surface area contributed by atoms with E-state index >= 15 is 0 Å². The van der Waals surface area contributed by atoms with Crippen LogP contribution in [-0.4, -0.2) is 46.2 Å². The van der Waals surface area contributed by atoms with Crippen LogP contribution in [0.2, 0.25) is 0 Å². The minimum absolute atomic E-state index is 0.0287. The minimum Gasteiger partial charge on any atom is -0.382 e. The topological polar surface area (TPSA) is 128 Å². The Morgan fingerprint density at radius 3 is 2.04 bits per heavy atom. The molecule has 8 heteroatoms. The van der Waals surface area contributed by atoms with E-state index in [2.05, 4.69) is 10.6 Å². The summed E-state index contributed by atoms with van der Waals surface area (Å²) >= 11 is 0. The minimum atomic E-state index is -1.70. The zero-order valence-electron chi connectivity index (χ0n) is 17.7. The Balaban J connectivity index is 2.93. The monoisotopic (exact) mass is 399 g/mol. The quantitative estimate of drug-likeness (QED) is 0.312. The van der Waals surface area contributed by atoms with Crippen LogP contribution >= 0.6 is 0 Å². The fourth-order valence-corrected chi connectivity index (χ4v) is 3.59. The summed E-state index contributed by atoms with van der Waals surface area (Å²) in [5.74, 6) is -2.92. The van der Waals surface area contributed by atoms with Crippen molar-refractivity contribution in [3.05, 3.63) is 0 Å². The van der Waals surface area contributed by atoms with Gasteiger partial charge in [0.15, 0.2) is 0 Å². The second-order valence-corrected chi connectivity index (χ2v) is 9.31. The summed E-state index contributed by atoms with van der Waals surface area (Å²) in [6.07, 6.45) is 3.74. The summed E-state index contributed by atoms with van der Waals surface area (Å²) in [5, 5.41) is 24.8. The second kappa shape index (κ2) is 10.8. The van der Waals surface area contributed by atoms with Crippen molar-refractivity contribution < 1.29 is 24.7 Å². The molecule has 0 aromatic heterocycles. The van der Waals surface area contributed by atoms with Crippen molar-refractivity contribution in [3.8, 4) is 0 Å². The molecule has 8 nitrogen and oxygen atoms in total. The predicted octanol–water partition coefficient (Wildman–Crippen LogP) is 1.49. The molecule has 1 saturated carbocycles. The lowest BCUT2D eigenvalue weighted by Gasteiger charge is -2.34. The molecule has 0 aliphatic heterocycles. The third kappa shape index (κ3) is 7.39. The number of hydroxylamine groups is 1. The van der Waals surface area contributed by atoms with Crippen molar-refractivity contribution in [2.75, 3.05) is 0 Å². The largest absolute Gasteiger partial charge is 0.382 e. The van der Waals surface area contributed by atoms with Gasteiger partial charge in [-0.3, -0.25) is 19.6 Å². The maximum Gasteiger partial charge on any atom is 0.272 e. The fraction of sp³-hybridized carbons (Fsp3) is 0.850. The molecule has 0 radical (unpaired) electrons. The first-order valence-electron chi connectivity index (χ1n) is 10.2. The van der Waals surface area contributed by atoms with Gasteiger partial charge in [0.05, 0.1) is 5.92 Å². The van der Waals surface area contributed by atoms with Crippen LogP contribution in [-0.2, 0) is 14.4 Å². The van der Waals surface area contributed by atoms with Gasteiger partial charge in [-0.1, -0.05) is 53.9 Å². The maximum atomic E-state index is 12.9. The molecule has 0 aromatic carbocycles. The van der Waals surface area contributed by atoms with E-state index in [1.54, 1.807) is 0 Å². The van der Waals surface area contributed by atoms with Crippen molar-refractivity contribution >= 4 is 17.7 Å². The smallest absolute Gasteiger partial charge is 0.272 e. The first-order valence-corrected chi connectivity index (χ1v) is 10.2. The molecule has 1 unspecified atom stereocenters. The molecule has 0 heterocycles. The number of hydrogen-bond acceptors (Lipinski definition) is 5. The molecule has 0 bridgehead atoms. The van der Waals surface area contributed by atoms with Gasteiger partial charge in [-0.2, -0.15) is 0 Å². The third-order valence-corrected chi connectivity index (χ3v) is 5.19. The lowest BCUT2D eigenvalue weighted by Crippen LogP contribution is -2.58. The van der Waals surface area contributed by atoms with E-state index in [0.717, 1.165) is 25.7 Å². The average molecular weight is 400 g/mol. The number of hydrogen-bond donors (Lipinski definition) is 5. The lowest BCUT2D eigenvalue weighted by molar-refractivity contribution is -0.147. The number of aliphatic hydroxyl groups is 1. The average Bonchev–Trinajstić information content (AvgIpc) is 2.62. The van der Waals surface area contributed by atoms with Crippen LogP contribution < -0.4 is 16.1 Å². The standard InChI is InChI=1S/C20H37N3O5/c1-12(2)11-14(15(24)18(26)23-28)17(25)22-16(20(3,4)5)19(27)21-13-9-7-6-8-10-13/h12-16,24,28H,6-11H2,1-5H3,(H,21,27)(H,22,25)(H,23,26)/t14-,15+,16?/m1/s1. The van der Waals surface area contributed by atoms with E-state index in [9.17, 15) is 19.5 Å². The predicted molar refractivity (Wildman–Crippen MR) is 105 cm³/mol. The van der Waals surface area contributed by atoms with E-state index in [1.165, 1.54) is 11.9 Å². The van der Waals surface area contributed by atoms with E-state index in [0.29, 0.717) is 0 Å². The number of rotatable bonds is 8. The molecule has 28 heavy (non-hydrogen) atoms. The molecule has 0 saturated heterocycles. The Morgan fingerprint density at radius 1 is 1.00 bits per heavy atom. The number of carbonyl (C=O) groups is 3. The SMILES string of the molecule is CC(C)C[C@@H](C(=O)NC(C(=O)NC1CCCCC1)C(C)(C)C)[C@H](O)C(=O)NO. The van der Waals surface area contributed by atoms with Crippen LogP contribution in [0.25, 0.3) is 0 Å². The molecule has 0 aromatic rings. The summed E-state index contributed by atoms with van der Waals surface area (Å²) in [6, 6.07) is -0.693. The van der Waals surface area contributed by atoms with Crippen molar-refractivity contribution in [2.24, 2.45) is 17.3 Å². The van der Waals surface area contributed by atoms with Gasteiger partial charge in [0.25, 0.3) is 5.91 Å². The Labute approximate surface area is 167 Å². The highest BCUT2D eigenvalue weighted by Crippen LogP contribution is 2.24. The molecule has 1 aliphatic carbocycles. The molecule has 0 spiro atoms. The number of aliphatic hydroxyl groups excluding tert-OH is 1. The lowest BCUT2D eigenvalue weighted by atomic mass is 9.84. The summed E-state index contributed by atoms with van der Waals surface area (Å²) in [6.45, 7) is 9.29. The van der Waals surface area contributed by atoms with Gasteiger partial charge in [-0.15, -0.1) is 0 Å². The third-order valence-electron chi connectivity index (χ3n) is 5.19. The first-order chi connectivity index (χ1) is 13.0.